The molecule has 1 heterocycles. The molecule has 0 bridgehead atoms. The zero-order valence-electron chi connectivity index (χ0n) is 11.2. The normalized spacial score (nSPS) is 18.6. The van der Waals surface area contributed by atoms with E-state index in [1.165, 1.54) is 19.3 Å². The summed E-state index contributed by atoms with van der Waals surface area (Å²) in [6.07, 6.45) is 9.38. The minimum Gasteiger partial charge on any atom is -0.341 e. The van der Waals surface area contributed by atoms with Gasteiger partial charge in [0, 0.05) is 31.9 Å². The van der Waals surface area contributed by atoms with E-state index in [1.54, 1.807) is 17.1 Å². The molecular formula is C13H22N4O. The van der Waals surface area contributed by atoms with Crippen molar-refractivity contribution in [3.63, 3.8) is 0 Å². The summed E-state index contributed by atoms with van der Waals surface area (Å²) in [7, 11) is 3.69. The third kappa shape index (κ3) is 2.72. The van der Waals surface area contributed by atoms with E-state index in [4.69, 9.17) is 5.73 Å². The number of carbonyl (C=O) groups excluding carboxylic acids is 1. The molecule has 1 aromatic heterocycles. The summed E-state index contributed by atoms with van der Waals surface area (Å²) in [5.41, 5.74) is 6.80. The summed E-state index contributed by atoms with van der Waals surface area (Å²) in [4.78, 5) is 14.1. The number of rotatable bonds is 3. The van der Waals surface area contributed by atoms with Crippen LogP contribution in [0.1, 0.15) is 43.7 Å². The van der Waals surface area contributed by atoms with E-state index in [0.29, 0.717) is 6.04 Å². The molecule has 0 aliphatic heterocycles. The summed E-state index contributed by atoms with van der Waals surface area (Å²) < 4.78 is 1.67. The van der Waals surface area contributed by atoms with Gasteiger partial charge in [0.15, 0.2) is 0 Å². The topological polar surface area (TPSA) is 64.2 Å². The van der Waals surface area contributed by atoms with Gasteiger partial charge in [-0.05, 0) is 12.8 Å². The molecule has 1 aliphatic carbocycles. The molecule has 1 fully saturated rings. The van der Waals surface area contributed by atoms with E-state index in [-0.39, 0.29) is 5.91 Å². The highest BCUT2D eigenvalue weighted by Crippen LogP contribution is 2.23. The van der Waals surface area contributed by atoms with Crippen LogP contribution in [0.25, 0.3) is 0 Å². The Bertz CT molecular complexity index is 409. The van der Waals surface area contributed by atoms with Gasteiger partial charge in [-0.25, -0.2) is 0 Å². The molecule has 2 N–H and O–H groups in total. The molecule has 0 radical (unpaired) electrons. The van der Waals surface area contributed by atoms with Crippen molar-refractivity contribution in [2.45, 2.75) is 44.2 Å². The second-order valence-electron chi connectivity index (χ2n) is 5.17. The molecule has 18 heavy (non-hydrogen) atoms. The third-order valence-corrected chi connectivity index (χ3v) is 3.82. The average Bonchev–Trinajstić information content (AvgIpc) is 2.84. The molecule has 2 rings (SSSR count). The van der Waals surface area contributed by atoms with E-state index in [2.05, 4.69) is 5.10 Å². The molecule has 1 aliphatic rings. The highest BCUT2D eigenvalue weighted by atomic mass is 16.2. The summed E-state index contributed by atoms with van der Waals surface area (Å²) >= 11 is 0. The van der Waals surface area contributed by atoms with E-state index in [0.717, 1.165) is 18.4 Å². The zero-order chi connectivity index (χ0) is 13.1. The molecule has 0 spiro atoms. The van der Waals surface area contributed by atoms with Crippen LogP contribution in [0.5, 0.6) is 0 Å². The van der Waals surface area contributed by atoms with Crippen molar-refractivity contribution in [1.29, 1.82) is 0 Å². The van der Waals surface area contributed by atoms with Crippen LogP contribution in [0.2, 0.25) is 0 Å². The number of likely N-dealkylation sites (N-methyl/N-ethyl adjacent to an activating group) is 1. The summed E-state index contributed by atoms with van der Waals surface area (Å²) in [5, 5.41) is 4.06. The molecule has 1 saturated carbocycles. The first kappa shape index (κ1) is 13.1. The van der Waals surface area contributed by atoms with Crippen LogP contribution in [0.15, 0.2) is 12.4 Å². The van der Waals surface area contributed by atoms with Crippen LogP contribution >= 0.6 is 0 Å². The number of hydrogen-bond donors (Lipinski definition) is 1. The van der Waals surface area contributed by atoms with E-state index in [1.807, 2.05) is 19.0 Å². The first-order chi connectivity index (χ1) is 8.59. The smallest absolute Gasteiger partial charge is 0.244 e. The van der Waals surface area contributed by atoms with E-state index in [9.17, 15) is 4.79 Å². The first-order valence-corrected chi connectivity index (χ1v) is 6.60. The minimum atomic E-state index is -0.592. The molecule has 0 aromatic carbocycles. The van der Waals surface area contributed by atoms with Gasteiger partial charge in [0.1, 0.15) is 6.04 Å². The standard InChI is InChI=1S/C13H22N4O/c1-16-9-10(8-15-16)12(14)13(18)17(2)11-6-4-3-5-7-11/h8-9,11-12H,3-7,14H2,1-2H3. The maximum atomic E-state index is 12.3. The van der Waals surface area contributed by atoms with E-state index < -0.39 is 6.04 Å². The number of aromatic nitrogens is 2. The maximum absolute atomic E-state index is 12.3. The van der Waals surface area contributed by atoms with Crippen molar-refractivity contribution >= 4 is 5.91 Å². The lowest BCUT2D eigenvalue weighted by atomic mass is 9.94. The summed E-state index contributed by atoms with van der Waals surface area (Å²) in [6.45, 7) is 0. The monoisotopic (exact) mass is 250 g/mol. The van der Waals surface area contributed by atoms with Gasteiger partial charge in [-0.3, -0.25) is 9.48 Å². The van der Waals surface area contributed by atoms with Gasteiger partial charge in [0.05, 0.1) is 6.20 Å². The Kier molecular flexibility index (Phi) is 4.01. The fraction of sp³-hybridized carbons (Fsp3) is 0.692. The van der Waals surface area contributed by atoms with Crippen molar-refractivity contribution in [2.75, 3.05) is 7.05 Å². The Labute approximate surface area is 108 Å². The number of hydrogen-bond acceptors (Lipinski definition) is 3. The zero-order valence-corrected chi connectivity index (χ0v) is 11.2. The number of amides is 1. The Balaban J connectivity index is 2.01. The van der Waals surface area contributed by atoms with Crippen LogP contribution in [0.4, 0.5) is 0 Å². The fourth-order valence-corrected chi connectivity index (χ4v) is 2.61. The Morgan fingerprint density at radius 3 is 2.72 bits per heavy atom. The number of carbonyl (C=O) groups is 1. The second-order valence-corrected chi connectivity index (χ2v) is 5.17. The average molecular weight is 250 g/mol. The van der Waals surface area contributed by atoms with Gasteiger partial charge in [-0.2, -0.15) is 5.10 Å². The molecule has 5 nitrogen and oxygen atoms in total. The molecular weight excluding hydrogens is 228 g/mol. The number of aryl methyl sites for hydroxylation is 1. The van der Waals surface area contributed by atoms with Gasteiger partial charge in [0.25, 0.3) is 0 Å². The van der Waals surface area contributed by atoms with Crippen LogP contribution < -0.4 is 5.73 Å². The lowest BCUT2D eigenvalue weighted by Gasteiger charge is -2.32. The fourth-order valence-electron chi connectivity index (χ4n) is 2.61. The van der Waals surface area contributed by atoms with Crippen molar-refractivity contribution in [2.24, 2.45) is 12.8 Å². The SMILES string of the molecule is CN(C(=O)C(N)c1cnn(C)c1)C1CCCCC1. The van der Waals surface area contributed by atoms with Crippen molar-refractivity contribution in [3.8, 4) is 0 Å². The number of nitrogens with zero attached hydrogens (tertiary/aromatic N) is 3. The predicted octanol–water partition coefficient (Wildman–Crippen LogP) is 1.21. The predicted molar refractivity (Wildman–Crippen MR) is 69.8 cm³/mol. The highest BCUT2D eigenvalue weighted by Gasteiger charge is 2.27. The molecule has 5 heteroatoms. The maximum Gasteiger partial charge on any atom is 0.244 e. The lowest BCUT2D eigenvalue weighted by Crippen LogP contribution is -2.43. The van der Waals surface area contributed by atoms with Gasteiger partial charge in [0.2, 0.25) is 5.91 Å². The first-order valence-electron chi connectivity index (χ1n) is 6.60. The number of nitrogens with two attached hydrogens (primary N) is 1. The quantitative estimate of drug-likeness (QED) is 0.877. The molecule has 1 atom stereocenters. The Morgan fingerprint density at radius 1 is 1.50 bits per heavy atom. The minimum absolute atomic E-state index is 0.00472. The molecule has 1 amide bonds. The Morgan fingerprint density at radius 2 is 2.17 bits per heavy atom. The molecule has 1 aromatic rings. The summed E-state index contributed by atoms with van der Waals surface area (Å²) in [6, 6.07) is -0.236. The second kappa shape index (κ2) is 5.52. The third-order valence-electron chi connectivity index (χ3n) is 3.82. The molecule has 100 valence electrons. The van der Waals surface area contributed by atoms with Crippen LogP contribution in [0.3, 0.4) is 0 Å². The van der Waals surface area contributed by atoms with Crippen LogP contribution in [-0.4, -0.2) is 33.7 Å². The van der Waals surface area contributed by atoms with Crippen molar-refractivity contribution in [3.05, 3.63) is 18.0 Å². The Hall–Kier alpha value is -1.36. The van der Waals surface area contributed by atoms with Gasteiger partial charge < -0.3 is 10.6 Å². The van der Waals surface area contributed by atoms with Crippen LogP contribution in [0, 0.1) is 0 Å². The molecule has 0 saturated heterocycles. The van der Waals surface area contributed by atoms with Gasteiger partial charge in [-0.15, -0.1) is 0 Å². The van der Waals surface area contributed by atoms with Crippen molar-refractivity contribution in [1.82, 2.24) is 14.7 Å². The van der Waals surface area contributed by atoms with Gasteiger partial charge >= 0.3 is 0 Å². The lowest BCUT2D eigenvalue weighted by molar-refractivity contribution is -0.134. The van der Waals surface area contributed by atoms with E-state index >= 15 is 0 Å². The van der Waals surface area contributed by atoms with Gasteiger partial charge in [-0.1, -0.05) is 19.3 Å². The molecule has 1 unspecified atom stereocenters. The largest absolute Gasteiger partial charge is 0.341 e. The van der Waals surface area contributed by atoms with Crippen LogP contribution in [-0.2, 0) is 11.8 Å². The summed E-state index contributed by atoms with van der Waals surface area (Å²) in [5.74, 6) is -0.00472. The highest BCUT2D eigenvalue weighted by molar-refractivity contribution is 5.83. The van der Waals surface area contributed by atoms with Crippen molar-refractivity contribution < 1.29 is 4.79 Å².